The zero-order valence-electron chi connectivity index (χ0n) is 9.98. The van der Waals surface area contributed by atoms with Crippen molar-refractivity contribution in [1.29, 1.82) is 0 Å². The maximum atomic E-state index is 12.0. The van der Waals surface area contributed by atoms with Gasteiger partial charge in [-0.25, -0.2) is 0 Å². The Morgan fingerprint density at radius 1 is 1.12 bits per heavy atom. The van der Waals surface area contributed by atoms with E-state index >= 15 is 0 Å². The molecule has 0 N–H and O–H groups in total. The van der Waals surface area contributed by atoms with Gasteiger partial charge in [0.25, 0.3) is 0 Å². The number of unbranched alkanes of at least 4 members (excludes halogenated alkanes) is 1. The van der Waals surface area contributed by atoms with Crippen molar-refractivity contribution in [2.75, 3.05) is 0 Å². The average molecular weight is 340 g/mol. The molecule has 2 heteroatoms. The fraction of sp³-hybridized carbons (Fsp3) is 0.267. The molecule has 0 atom stereocenters. The number of benzene rings is 2. The summed E-state index contributed by atoms with van der Waals surface area (Å²) < 4.78 is 1.53. The van der Waals surface area contributed by atoms with Gasteiger partial charge in [-0.05, 0) is 0 Å². The summed E-state index contributed by atoms with van der Waals surface area (Å²) in [6.45, 7) is 2.17. The first-order valence-corrected chi connectivity index (χ1v) is 8.78. The van der Waals surface area contributed by atoms with E-state index in [2.05, 4.69) is 25.1 Å². The third kappa shape index (κ3) is 3.31. The van der Waals surface area contributed by atoms with Gasteiger partial charge in [-0.2, -0.15) is 0 Å². The third-order valence-corrected chi connectivity index (χ3v) is 5.54. The van der Waals surface area contributed by atoms with Gasteiger partial charge in [0.1, 0.15) is 0 Å². The molecule has 0 aliphatic rings. The van der Waals surface area contributed by atoms with Gasteiger partial charge in [0, 0.05) is 0 Å². The summed E-state index contributed by atoms with van der Waals surface area (Å²) in [5.74, 6) is 0. The van der Waals surface area contributed by atoms with Crippen LogP contribution in [0.15, 0.2) is 42.5 Å². The number of fused-ring (bicyclic) bond motifs is 1. The normalized spacial score (nSPS) is 10.6. The zero-order valence-corrected chi connectivity index (χ0v) is 12.3. The van der Waals surface area contributed by atoms with Gasteiger partial charge < -0.3 is 0 Å². The molecule has 0 aliphatic carbocycles. The predicted molar refractivity (Wildman–Crippen MR) is 73.7 cm³/mol. The third-order valence-electron chi connectivity index (χ3n) is 2.72. The molecule has 88 valence electrons. The van der Waals surface area contributed by atoms with Crippen LogP contribution in [-0.4, -0.2) is 24.8 Å². The van der Waals surface area contributed by atoms with E-state index in [1.807, 2.05) is 24.3 Å². The van der Waals surface area contributed by atoms with Crippen molar-refractivity contribution in [2.24, 2.45) is 0 Å². The number of hydrogen-bond acceptors (Lipinski definition) is 1. The molecule has 0 aliphatic heterocycles. The Morgan fingerprint density at radius 2 is 1.88 bits per heavy atom. The SMILES string of the molecule is CCCC[Te]C(=O)c1ccc2ccccc2c1. The summed E-state index contributed by atoms with van der Waals surface area (Å²) >= 11 is -0.499. The molecule has 0 aromatic heterocycles. The molecule has 0 bridgehead atoms. The molecular weight excluding hydrogens is 324 g/mol. The number of carbonyl (C=O) groups is 1. The van der Waals surface area contributed by atoms with Crippen LogP contribution in [0.5, 0.6) is 0 Å². The van der Waals surface area contributed by atoms with Crippen molar-refractivity contribution < 1.29 is 4.79 Å². The van der Waals surface area contributed by atoms with Crippen molar-refractivity contribution in [3.8, 4) is 0 Å². The van der Waals surface area contributed by atoms with Crippen molar-refractivity contribution in [1.82, 2.24) is 0 Å². The Labute approximate surface area is 112 Å². The topological polar surface area (TPSA) is 17.1 Å². The fourth-order valence-corrected chi connectivity index (χ4v) is 4.31. The van der Waals surface area contributed by atoms with Gasteiger partial charge in [0.05, 0.1) is 0 Å². The van der Waals surface area contributed by atoms with E-state index in [1.54, 1.807) is 0 Å². The Balaban J connectivity index is 2.15. The summed E-state index contributed by atoms with van der Waals surface area (Å²) in [7, 11) is 0. The van der Waals surface area contributed by atoms with E-state index in [1.165, 1.54) is 23.6 Å². The van der Waals surface area contributed by atoms with Crippen molar-refractivity contribution >= 4 is 35.5 Å². The molecule has 0 saturated heterocycles. The molecule has 0 amide bonds. The van der Waals surface area contributed by atoms with Crippen molar-refractivity contribution in [3.05, 3.63) is 48.0 Å². The Hall–Kier alpha value is -0.840. The first-order valence-electron chi connectivity index (χ1n) is 5.97. The molecular formula is C15H16OTe. The molecule has 1 nitrogen and oxygen atoms in total. The van der Waals surface area contributed by atoms with E-state index < -0.39 is 20.9 Å². The zero-order chi connectivity index (χ0) is 12.1. The molecule has 0 heterocycles. The van der Waals surface area contributed by atoms with Crippen molar-refractivity contribution in [2.45, 2.75) is 24.2 Å². The van der Waals surface area contributed by atoms with Crippen LogP contribution in [0.3, 0.4) is 0 Å². The predicted octanol–water partition coefficient (Wildman–Crippen LogP) is 3.90. The second kappa shape index (κ2) is 6.19. The van der Waals surface area contributed by atoms with Gasteiger partial charge in [-0.1, -0.05) is 0 Å². The molecule has 0 fully saturated rings. The minimum absolute atomic E-state index is 0.398. The summed E-state index contributed by atoms with van der Waals surface area (Å²) in [4.78, 5) is 12.0. The summed E-state index contributed by atoms with van der Waals surface area (Å²) in [5, 5.41) is 2.37. The van der Waals surface area contributed by atoms with Crippen LogP contribution in [0.4, 0.5) is 0 Å². The standard InChI is InChI=1S/C15H16OTe/c1-2-3-10-17-15(16)14-9-8-12-6-4-5-7-13(12)11-14/h4-9,11H,2-3,10H2,1H3. The Morgan fingerprint density at radius 3 is 2.65 bits per heavy atom. The molecule has 2 rings (SSSR count). The number of carbonyl (C=O) groups excluding carboxylic acids is 1. The van der Waals surface area contributed by atoms with Crippen LogP contribution < -0.4 is 0 Å². The van der Waals surface area contributed by atoms with Gasteiger partial charge in [0.15, 0.2) is 0 Å². The second-order valence-corrected chi connectivity index (χ2v) is 7.10. The van der Waals surface area contributed by atoms with Crippen LogP contribution in [-0.2, 0) is 0 Å². The maximum absolute atomic E-state index is 12.0. The first-order chi connectivity index (χ1) is 8.31. The van der Waals surface area contributed by atoms with Gasteiger partial charge in [-0.15, -0.1) is 0 Å². The second-order valence-electron chi connectivity index (χ2n) is 4.05. The molecule has 2 aromatic carbocycles. The van der Waals surface area contributed by atoms with Crippen molar-refractivity contribution in [3.63, 3.8) is 0 Å². The van der Waals surface area contributed by atoms with E-state index in [4.69, 9.17) is 0 Å². The Kier molecular flexibility index (Phi) is 4.59. The monoisotopic (exact) mass is 342 g/mol. The van der Waals surface area contributed by atoms with Crippen LogP contribution in [0.25, 0.3) is 10.8 Å². The van der Waals surface area contributed by atoms with Crippen LogP contribution >= 0.6 is 0 Å². The van der Waals surface area contributed by atoms with E-state index in [0.29, 0.717) is 3.83 Å². The van der Waals surface area contributed by atoms with E-state index in [9.17, 15) is 4.79 Å². The minimum atomic E-state index is -0.499. The summed E-state index contributed by atoms with van der Waals surface area (Å²) in [5.41, 5.74) is 0.905. The fourth-order valence-electron chi connectivity index (χ4n) is 1.71. The van der Waals surface area contributed by atoms with Crippen LogP contribution in [0, 0.1) is 0 Å². The molecule has 2 aromatic rings. The quantitative estimate of drug-likeness (QED) is 0.596. The number of hydrogen-bond donors (Lipinski definition) is 0. The Bertz CT molecular complexity index is 519. The van der Waals surface area contributed by atoms with E-state index in [-0.39, 0.29) is 0 Å². The molecule has 0 saturated carbocycles. The average Bonchev–Trinajstić information content (AvgIpc) is 2.38. The molecule has 0 spiro atoms. The summed E-state index contributed by atoms with van der Waals surface area (Å²) in [6.07, 6.45) is 2.39. The van der Waals surface area contributed by atoms with Crippen LogP contribution in [0.2, 0.25) is 4.47 Å². The summed E-state index contributed by atoms with van der Waals surface area (Å²) in [6, 6.07) is 14.3. The molecule has 17 heavy (non-hydrogen) atoms. The molecule has 0 radical (unpaired) electrons. The van der Waals surface area contributed by atoms with Gasteiger partial charge in [0.2, 0.25) is 0 Å². The first kappa shape index (κ1) is 12.6. The number of rotatable bonds is 5. The molecule has 0 unspecified atom stereocenters. The van der Waals surface area contributed by atoms with Gasteiger partial charge >= 0.3 is 113 Å². The van der Waals surface area contributed by atoms with Crippen LogP contribution in [0.1, 0.15) is 30.1 Å². The van der Waals surface area contributed by atoms with E-state index in [0.717, 1.165) is 10.0 Å². The van der Waals surface area contributed by atoms with Gasteiger partial charge in [-0.3, -0.25) is 0 Å².